The minimum absolute atomic E-state index is 0.0279. The van der Waals surface area contributed by atoms with Crippen molar-refractivity contribution < 1.29 is 4.79 Å². The lowest BCUT2D eigenvalue weighted by Crippen LogP contribution is -2.30. The highest BCUT2D eigenvalue weighted by atomic mass is 32.1. The fraction of sp³-hybridized carbons (Fsp3) is 0.292. The van der Waals surface area contributed by atoms with Crippen molar-refractivity contribution in [2.24, 2.45) is 0 Å². The van der Waals surface area contributed by atoms with Crippen molar-refractivity contribution >= 4 is 28.3 Å². The summed E-state index contributed by atoms with van der Waals surface area (Å²) >= 11 is 1.53. The van der Waals surface area contributed by atoms with E-state index in [1.54, 1.807) is 5.51 Å². The zero-order valence-corrected chi connectivity index (χ0v) is 17.8. The summed E-state index contributed by atoms with van der Waals surface area (Å²) in [5, 5.41) is 5.14. The van der Waals surface area contributed by atoms with Gasteiger partial charge in [0.25, 0.3) is 0 Å². The van der Waals surface area contributed by atoms with Gasteiger partial charge in [-0.05, 0) is 61.4 Å². The second-order valence-corrected chi connectivity index (χ2v) is 8.63. The van der Waals surface area contributed by atoms with Crippen LogP contribution in [0.5, 0.6) is 0 Å². The van der Waals surface area contributed by atoms with E-state index in [0.29, 0.717) is 0 Å². The number of hydrogen-bond donors (Lipinski definition) is 1. The number of thiazole rings is 1. The van der Waals surface area contributed by atoms with Gasteiger partial charge in [-0.25, -0.2) is 9.97 Å². The van der Waals surface area contributed by atoms with E-state index in [1.807, 2.05) is 34.2 Å². The normalized spacial score (nSPS) is 14.4. The maximum atomic E-state index is 13.0. The number of fused-ring (bicyclic) bond motifs is 2. The molecule has 5 rings (SSSR count). The zero-order valence-electron chi connectivity index (χ0n) is 17.0. The van der Waals surface area contributed by atoms with Crippen LogP contribution in [0.15, 0.2) is 53.4 Å². The fourth-order valence-electron chi connectivity index (χ4n) is 4.29. The van der Waals surface area contributed by atoms with Gasteiger partial charge in [-0.3, -0.25) is 4.79 Å². The predicted octanol–water partition coefficient (Wildman–Crippen LogP) is 4.92. The number of para-hydroxylation sites is 2. The molecule has 0 aliphatic heterocycles. The molecule has 5 nitrogen and oxygen atoms in total. The lowest BCUT2D eigenvalue weighted by atomic mass is 9.89. The molecule has 0 saturated heterocycles. The van der Waals surface area contributed by atoms with Crippen LogP contribution in [0.3, 0.4) is 0 Å². The number of hydrogen-bond acceptors (Lipinski definition) is 4. The van der Waals surface area contributed by atoms with E-state index in [4.69, 9.17) is 4.98 Å². The maximum Gasteiger partial charge on any atom is 0.240 e. The molecule has 152 valence electrons. The Balaban J connectivity index is 1.38. The Morgan fingerprint density at radius 3 is 2.83 bits per heavy atom. The van der Waals surface area contributed by atoms with Gasteiger partial charge in [0.2, 0.25) is 5.91 Å². The minimum atomic E-state index is -0.0396. The first-order valence-corrected chi connectivity index (χ1v) is 11.4. The summed E-state index contributed by atoms with van der Waals surface area (Å²) in [7, 11) is 0. The lowest BCUT2D eigenvalue weighted by molar-refractivity contribution is -0.122. The molecule has 1 amide bonds. The van der Waals surface area contributed by atoms with Gasteiger partial charge in [0.1, 0.15) is 12.2 Å². The monoisotopic (exact) mass is 416 g/mol. The van der Waals surface area contributed by atoms with Crippen molar-refractivity contribution in [2.45, 2.75) is 45.2 Å². The highest BCUT2D eigenvalue weighted by Crippen LogP contribution is 2.26. The summed E-state index contributed by atoms with van der Waals surface area (Å²) < 4.78 is 1.96. The van der Waals surface area contributed by atoms with Gasteiger partial charge in [-0.15, -0.1) is 11.3 Å². The third kappa shape index (κ3) is 3.63. The molecule has 0 fully saturated rings. The molecule has 1 aliphatic rings. The largest absolute Gasteiger partial charge is 0.348 e. The van der Waals surface area contributed by atoms with Gasteiger partial charge < -0.3 is 9.88 Å². The average molecular weight is 417 g/mol. The van der Waals surface area contributed by atoms with Crippen molar-refractivity contribution in [3.8, 4) is 11.5 Å². The Bertz CT molecular complexity index is 1200. The molecule has 0 unspecified atom stereocenters. The van der Waals surface area contributed by atoms with Crippen LogP contribution >= 0.6 is 11.3 Å². The zero-order chi connectivity index (χ0) is 20.5. The van der Waals surface area contributed by atoms with Crippen molar-refractivity contribution in [1.82, 2.24) is 19.9 Å². The van der Waals surface area contributed by atoms with E-state index in [2.05, 4.69) is 35.4 Å². The average Bonchev–Trinajstić information content (AvgIpc) is 3.42. The summed E-state index contributed by atoms with van der Waals surface area (Å²) in [5.74, 6) is 0.703. The highest BCUT2D eigenvalue weighted by molar-refractivity contribution is 7.07. The van der Waals surface area contributed by atoms with Gasteiger partial charge in [-0.2, -0.15) is 0 Å². The molecule has 2 heterocycles. The number of nitrogens with zero attached hydrogens (tertiary/aromatic N) is 3. The van der Waals surface area contributed by atoms with E-state index in [-0.39, 0.29) is 18.5 Å². The molecule has 1 N–H and O–H groups in total. The first kappa shape index (κ1) is 19.0. The Morgan fingerprint density at radius 2 is 2.00 bits per heavy atom. The van der Waals surface area contributed by atoms with Gasteiger partial charge in [0, 0.05) is 5.38 Å². The SMILES string of the molecule is C[C@@H](NC(=O)Cn1c(-c2cscn2)nc2ccccc21)c1ccc2c(c1)CCCC2. The number of benzene rings is 2. The first-order chi connectivity index (χ1) is 14.7. The molecular weight excluding hydrogens is 392 g/mol. The quantitative estimate of drug-likeness (QED) is 0.503. The topological polar surface area (TPSA) is 59.8 Å². The van der Waals surface area contributed by atoms with E-state index in [0.717, 1.165) is 29.0 Å². The van der Waals surface area contributed by atoms with E-state index in [9.17, 15) is 4.79 Å². The smallest absolute Gasteiger partial charge is 0.240 e. The first-order valence-electron chi connectivity index (χ1n) is 10.4. The van der Waals surface area contributed by atoms with Gasteiger partial charge in [0.15, 0.2) is 5.82 Å². The molecular formula is C24H24N4OS. The molecule has 2 aromatic carbocycles. The maximum absolute atomic E-state index is 13.0. The van der Waals surface area contributed by atoms with Crippen LogP contribution in [0.25, 0.3) is 22.6 Å². The summed E-state index contributed by atoms with van der Waals surface area (Å²) in [6.45, 7) is 2.26. The fourth-order valence-corrected chi connectivity index (χ4v) is 4.82. The molecule has 0 radical (unpaired) electrons. The van der Waals surface area contributed by atoms with E-state index >= 15 is 0 Å². The Labute approximate surface area is 179 Å². The number of imidazole rings is 1. The van der Waals surface area contributed by atoms with Crippen molar-refractivity contribution in [1.29, 1.82) is 0 Å². The number of aryl methyl sites for hydroxylation is 2. The molecule has 1 aliphatic carbocycles. The number of aromatic nitrogens is 3. The van der Waals surface area contributed by atoms with Crippen LogP contribution in [-0.4, -0.2) is 20.4 Å². The second-order valence-electron chi connectivity index (χ2n) is 7.91. The summed E-state index contributed by atoms with van der Waals surface area (Å²) in [6, 6.07) is 14.5. The number of amides is 1. The summed E-state index contributed by atoms with van der Waals surface area (Å²) in [4.78, 5) is 22.1. The number of rotatable bonds is 5. The van der Waals surface area contributed by atoms with Crippen LogP contribution in [0.4, 0.5) is 0 Å². The molecule has 4 aromatic rings. The van der Waals surface area contributed by atoms with Crippen LogP contribution in [0.1, 0.15) is 42.5 Å². The summed E-state index contributed by atoms with van der Waals surface area (Å²) in [5.41, 5.74) is 8.46. The Hall–Kier alpha value is -2.99. The third-order valence-electron chi connectivity index (χ3n) is 5.87. The predicted molar refractivity (Wildman–Crippen MR) is 120 cm³/mol. The number of carbonyl (C=O) groups is 1. The molecule has 6 heteroatoms. The minimum Gasteiger partial charge on any atom is -0.348 e. The molecule has 0 spiro atoms. The van der Waals surface area contributed by atoms with Crippen molar-refractivity contribution in [3.63, 3.8) is 0 Å². The van der Waals surface area contributed by atoms with E-state index < -0.39 is 0 Å². The van der Waals surface area contributed by atoms with E-state index in [1.165, 1.54) is 47.3 Å². The third-order valence-corrected chi connectivity index (χ3v) is 6.45. The van der Waals surface area contributed by atoms with Gasteiger partial charge in [0.05, 0.1) is 22.6 Å². The molecule has 30 heavy (non-hydrogen) atoms. The lowest BCUT2D eigenvalue weighted by Gasteiger charge is -2.20. The number of carbonyl (C=O) groups excluding carboxylic acids is 1. The molecule has 0 bridgehead atoms. The Morgan fingerprint density at radius 1 is 1.17 bits per heavy atom. The van der Waals surface area contributed by atoms with Crippen LogP contribution < -0.4 is 5.32 Å². The highest BCUT2D eigenvalue weighted by Gasteiger charge is 2.18. The number of nitrogens with one attached hydrogen (secondary N) is 1. The van der Waals surface area contributed by atoms with Crippen LogP contribution in [0, 0.1) is 0 Å². The second kappa shape index (κ2) is 8.03. The molecule has 0 saturated carbocycles. The van der Waals surface area contributed by atoms with Crippen LogP contribution in [0.2, 0.25) is 0 Å². The van der Waals surface area contributed by atoms with Crippen LogP contribution in [-0.2, 0) is 24.2 Å². The molecule has 2 aromatic heterocycles. The standard InChI is InChI=1S/C24H24N4OS/c1-16(18-11-10-17-6-2-3-7-19(17)12-18)26-23(29)13-28-22-9-5-4-8-20(22)27-24(28)21-14-30-15-25-21/h4-5,8-12,14-16H,2-3,6-7,13H2,1H3,(H,26,29)/t16-/m1/s1. The van der Waals surface area contributed by atoms with Gasteiger partial charge >= 0.3 is 0 Å². The summed E-state index contributed by atoms with van der Waals surface area (Å²) in [6.07, 6.45) is 4.84. The Kier molecular flexibility index (Phi) is 5.09. The van der Waals surface area contributed by atoms with Gasteiger partial charge in [-0.1, -0.05) is 30.3 Å². The van der Waals surface area contributed by atoms with Crippen molar-refractivity contribution in [3.05, 3.63) is 70.0 Å². The van der Waals surface area contributed by atoms with Crippen molar-refractivity contribution in [2.75, 3.05) is 0 Å². The molecule has 1 atom stereocenters.